The lowest BCUT2D eigenvalue weighted by atomic mass is 10.1. The number of benzene rings is 1. The molecule has 0 atom stereocenters. The maximum absolute atomic E-state index is 13.2. The Bertz CT molecular complexity index is 286. The van der Waals surface area contributed by atoms with E-state index in [1.807, 2.05) is 19.2 Å². The topological polar surface area (TPSA) is 0 Å². The molecule has 0 aliphatic heterocycles. The molecule has 0 fully saturated rings. The van der Waals surface area contributed by atoms with Crippen molar-refractivity contribution in [2.24, 2.45) is 0 Å². The molecule has 0 nitrogen and oxygen atoms in total. The number of halogens is 2. The van der Waals surface area contributed by atoms with Crippen molar-refractivity contribution in [3.05, 3.63) is 28.5 Å². The van der Waals surface area contributed by atoms with Crippen molar-refractivity contribution >= 4 is 23.4 Å². The Kier molecular flexibility index (Phi) is 3.41. The monoisotopic (exact) mass is 204 g/mol. The molecule has 12 heavy (non-hydrogen) atoms. The lowest BCUT2D eigenvalue weighted by molar-refractivity contribution is 0.611. The minimum Gasteiger partial charge on any atom is -0.205 e. The average Bonchev–Trinajstić information content (AvgIpc) is 2.09. The first-order valence-corrected chi connectivity index (χ1v) is 5.31. The third-order valence-electron chi connectivity index (χ3n) is 1.69. The highest BCUT2D eigenvalue weighted by molar-refractivity contribution is 7.98. The van der Waals surface area contributed by atoms with Gasteiger partial charge >= 0.3 is 0 Å². The second kappa shape index (κ2) is 4.15. The highest BCUT2D eigenvalue weighted by Crippen LogP contribution is 2.26. The standard InChI is InChI=1S/C9H10ClFS/c1-3-6-4-7(12-2)5-8(10)9(6)11/h4-5H,3H2,1-2H3. The zero-order valence-corrected chi connectivity index (χ0v) is 8.60. The zero-order valence-electron chi connectivity index (χ0n) is 7.03. The van der Waals surface area contributed by atoms with Crippen molar-refractivity contribution in [1.82, 2.24) is 0 Å². The lowest BCUT2D eigenvalue weighted by Crippen LogP contribution is -1.89. The molecule has 0 aliphatic carbocycles. The SMILES string of the molecule is CCc1cc(SC)cc(Cl)c1F. The summed E-state index contributed by atoms with van der Waals surface area (Å²) in [7, 11) is 0. The van der Waals surface area contributed by atoms with Crippen LogP contribution in [0.15, 0.2) is 17.0 Å². The minimum absolute atomic E-state index is 0.221. The van der Waals surface area contributed by atoms with Crippen LogP contribution in [0.3, 0.4) is 0 Å². The molecule has 0 saturated heterocycles. The first-order valence-electron chi connectivity index (χ1n) is 3.71. The molecule has 1 rings (SSSR count). The van der Waals surface area contributed by atoms with Gasteiger partial charge in [0.2, 0.25) is 0 Å². The molecule has 0 unspecified atom stereocenters. The summed E-state index contributed by atoms with van der Waals surface area (Å²) in [5, 5.41) is 0.221. The van der Waals surface area contributed by atoms with Crippen molar-refractivity contribution in [3.8, 4) is 0 Å². The summed E-state index contributed by atoms with van der Waals surface area (Å²) < 4.78 is 13.2. The van der Waals surface area contributed by atoms with Crippen LogP contribution in [0.5, 0.6) is 0 Å². The van der Waals surface area contributed by atoms with E-state index in [9.17, 15) is 4.39 Å². The van der Waals surface area contributed by atoms with Gasteiger partial charge in [-0.2, -0.15) is 0 Å². The molecule has 0 bridgehead atoms. The second-order valence-electron chi connectivity index (χ2n) is 2.44. The molecule has 3 heteroatoms. The largest absolute Gasteiger partial charge is 0.205 e. The van der Waals surface area contributed by atoms with E-state index in [-0.39, 0.29) is 10.8 Å². The maximum atomic E-state index is 13.2. The third-order valence-corrected chi connectivity index (χ3v) is 2.68. The number of hydrogen-bond donors (Lipinski definition) is 0. The van der Waals surface area contributed by atoms with Crippen LogP contribution in [-0.4, -0.2) is 6.26 Å². The Morgan fingerprint density at radius 2 is 2.17 bits per heavy atom. The molecular weight excluding hydrogens is 195 g/mol. The van der Waals surface area contributed by atoms with Crippen LogP contribution >= 0.6 is 23.4 Å². The van der Waals surface area contributed by atoms with E-state index < -0.39 is 0 Å². The van der Waals surface area contributed by atoms with Gasteiger partial charge < -0.3 is 0 Å². The summed E-state index contributed by atoms with van der Waals surface area (Å²) in [5.74, 6) is -0.281. The fraction of sp³-hybridized carbons (Fsp3) is 0.333. The molecule has 0 saturated carbocycles. The summed E-state index contributed by atoms with van der Waals surface area (Å²) in [6.07, 6.45) is 2.63. The van der Waals surface area contributed by atoms with Gasteiger partial charge in [0.1, 0.15) is 5.82 Å². The van der Waals surface area contributed by atoms with Gasteiger partial charge in [0, 0.05) is 4.90 Å². The van der Waals surface area contributed by atoms with Gasteiger partial charge in [-0.05, 0) is 30.4 Å². The summed E-state index contributed by atoms with van der Waals surface area (Å²) in [4.78, 5) is 1.01. The predicted molar refractivity (Wildman–Crippen MR) is 52.6 cm³/mol. The van der Waals surface area contributed by atoms with Crippen molar-refractivity contribution in [1.29, 1.82) is 0 Å². The van der Waals surface area contributed by atoms with Gasteiger partial charge in [-0.25, -0.2) is 4.39 Å². The molecule has 0 N–H and O–H groups in total. The van der Waals surface area contributed by atoms with Crippen LogP contribution in [0, 0.1) is 5.82 Å². The molecule has 0 spiro atoms. The highest BCUT2D eigenvalue weighted by Gasteiger charge is 2.06. The molecule has 66 valence electrons. The molecule has 0 aromatic heterocycles. The van der Waals surface area contributed by atoms with Crippen LogP contribution < -0.4 is 0 Å². The number of thioether (sulfide) groups is 1. The fourth-order valence-corrected chi connectivity index (χ4v) is 1.79. The van der Waals surface area contributed by atoms with Gasteiger partial charge in [-0.15, -0.1) is 11.8 Å². The molecule has 1 aromatic carbocycles. The van der Waals surface area contributed by atoms with E-state index in [1.165, 1.54) is 0 Å². The van der Waals surface area contributed by atoms with Crippen molar-refractivity contribution in [2.75, 3.05) is 6.26 Å². The van der Waals surface area contributed by atoms with Gasteiger partial charge in [-0.1, -0.05) is 18.5 Å². The number of aryl methyl sites for hydroxylation is 1. The number of rotatable bonds is 2. The molecule has 0 heterocycles. The quantitative estimate of drug-likeness (QED) is 0.661. The third kappa shape index (κ3) is 1.93. The lowest BCUT2D eigenvalue weighted by Gasteiger charge is -2.04. The summed E-state index contributed by atoms with van der Waals surface area (Å²) in [6, 6.07) is 3.49. The smallest absolute Gasteiger partial charge is 0.145 e. The first kappa shape index (κ1) is 9.87. The van der Waals surface area contributed by atoms with E-state index in [2.05, 4.69) is 0 Å². The fourth-order valence-electron chi connectivity index (χ4n) is 0.994. The molecular formula is C9H10ClFS. The predicted octanol–water partition coefficient (Wildman–Crippen LogP) is 3.76. The molecule has 0 amide bonds. The van der Waals surface area contributed by atoms with Crippen LogP contribution in [-0.2, 0) is 6.42 Å². The van der Waals surface area contributed by atoms with Crippen molar-refractivity contribution < 1.29 is 4.39 Å². The number of hydrogen-bond acceptors (Lipinski definition) is 1. The van der Waals surface area contributed by atoms with Crippen LogP contribution in [0.4, 0.5) is 4.39 Å². The maximum Gasteiger partial charge on any atom is 0.145 e. The Hall–Kier alpha value is -0.210. The summed E-state index contributed by atoms with van der Waals surface area (Å²) in [5.41, 5.74) is 0.687. The van der Waals surface area contributed by atoms with E-state index >= 15 is 0 Å². The van der Waals surface area contributed by atoms with Crippen molar-refractivity contribution in [3.63, 3.8) is 0 Å². The van der Waals surface area contributed by atoms with Gasteiger partial charge in [0.15, 0.2) is 0 Å². The van der Waals surface area contributed by atoms with E-state index in [0.29, 0.717) is 12.0 Å². The Morgan fingerprint density at radius 1 is 1.50 bits per heavy atom. The van der Waals surface area contributed by atoms with Gasteiger partial charge in [0.05, 0.1) is 5.02 Å². The minimum atomic E-state index is -0.281. The summed E-state index contributed by atoms with van der Waals surface area (Å²) in [6.45, 7) is 1.92. The molecule has 0 aliphatic rings. The van der Waals surface area contributed by atoms with Gasteiger partial charge in [-0.3, -0.25) is 0 Å². The zero-order chi connectivity index (χ0) is 9.14. The molecule has 1 aromatic rings. The Labute approximate surface area is 81.1 Å². The van der Waals surface area contributed by atoms with E-state index in [0.717, 1.165) is 4.90 Å². The Balaban J connectivity index is 3.19. The summed E-state index contributed by atoms with van der Waals surface area (Å²) >= 11 is 7.26. The highest BCUT2D eigenvalue weighted by atomic mass is 35.5. The van der Waals surface area contributed by atoms with E-state index in [4.69, 9.17) is 11.6 Å². The van der Waals surface area contributed by atoms with E-state index in [1.54, 1.807) is 17.8 Å². The van der Waals surface area contributed by atoms with Gasteiger partial charge in [0.25, 0.3) is 0 Å². The van der Waals surface area contributed by atoms with Crippen LogP contribution in [0.25, 0.3) is 0 Å². The van der Waals surface area contributed by atoms with Crippen LogP contribution in [0.2, 0.25) is 5.02 Å². The average molecular weight is 205 g/mol. The van der Waals surface area contributed by atoms with Crippen molar-refractivity contribution in [2.45, 2.75) is 18.2 Å². The Morgan fingerprint density at radius 3 is 2.67 bits per heavy atom. The second-order valence-corrected chi connectivity index (χ2v) is 3.72. The molecule has 0 radical (unpaired) electrons. The van der Waals surface area contributed by atoms with Crippen LogP contribution in [0.1, 0.15) is 12.5 Å². The first-order chi connectivity index (χ1) is 5.69. The normalized spacial score (nSPS) is 10.3.